The highest BCUT2D eigenvalue weighted by Crippen LogP contribution is 2.21. The molecule has 124 valence electrons. The van der Waals surface area contributed by atoms with E-state index in [0.717, 1.165) is 69.2 Å². The van der Waals surface area contributed by atoms with Crippen molar-refractivity contribution in [3.8, 4) is 11.3 Å². The number of H-pyrrole nitrogens is 1. The standard InChI is InChI=1S/C17H23FN4O/c18-16-4-2-14(3-5-16)17-15(13-20-21-17)12-19-6-1-7-22-8-10-23-11-9-22/h2-5,13,19H,1,6-12H2,(H,20,21). The first kappa shape index (κ1) is 16.1. The van der Waals surface area contributed by atoms with Crippen LogP contribution < -0.4 is 5.32 Å². The average Bonchev–Trinajstić information content (AvgIpc) is 3.05. The number of hydrogen-bond donors (Lipinski definition) is 2. The van der Waals surface area contributed by atoms with E-state index in [1.165, 1.54) is 12.1 Å². The molecule has 1 aromatic carbocycles. The first-order chi connectivity index (χ1) is 11.3. The largest absolute Gasteiger partial charge is 0.379 e. The van der Waals surface area contributed by atoms with E-state index in [2.05, 4.69) is 20.4 Å². The molecule has 5 nitrogen and oxygen atoms in total. The molecule has 0 saturated carbocycles. The maximum Gasteiger partial charge on any atom is 0.123 e. The van der Waals surface area contributed by atoms with E-state index >= 15 is 0 Å². The highest BCUT2D eigenvalue weighted by molar-refractivity contribution is 5.62. The lowest BCUT2D eigenvalue weighted by Crippen LogP contribution is -2.37. The number of aromatic amines is 1. The number of benzene rings is 1. The van der Waals surface area contributed by atoms with Crippen molar-refractivity contribution in [3.63, 3.8) is 0 Å². The summed E-state index contributed by atoms with van der Waals surface area (Å²) in [6, 6.07) is 6.47. The van der Waals surface area contributed by atoms with Crippen molar-refractivity contribution >= 4 is 0 Å². The molecule has 2 N–H and O–H groups in total. The average molecular weight is 318 g/mol. The van der Waals surface area contributed by atoms with Gasteiger partial charge >= 0.3 is 0 Å². The van der Waals surface area contributed by atoms with Crippen LogP contribution in [0.4, 0.5) is 4.39 Å². The fraction of sp³-hybridized carbons (Fsp3) is 0.471. The van der Waals surface area contributed by atoms with Gasteiger partial charge in [0.05, 0.1) is 25.1 Å². The van der Waals surface area contributed by atoms with Crippen molar-refractivity contribution in [1.82, 2.24) is 20.4 Å². The van der Waals surface area contributed by atoms with Crippen LogP contribution in [0.15, 0.2) is 30.5 Å². The number of rotatable bonds is 7. The van der Waals surface area contributed by atoms with Crippen LogP contribution in [-0.4, -0.2) is 54.5 Å². The lowest BCUT2D eigenvalue weighted by molar-refractivity contribution is 0.0374. The monoisotopic (exact) mass is 318 g/mol. The fourth-order valence-corrected chi connectivity index (χ4v) is 2.79. The smallest absolute Gasteiger partial charge is 0.123 e. The van der Waals surface area contributed by atoms with Crippen molar-refractivity contribution in [2.45, 2.75) is 13.0 Å². The predicted molar refractivity (Wildman–Crippen MR) is 87.6 cm³/mol. The SMILES string of the molecule is Fc1ccc(-c2[nH]ncc2CNCCCN2CCOCC2)cc1. The van der Waals surface area contributed by atoms with Gasteiger partial charge in [-0.15, -0.1) is 0 Å². The maximum absolute atomic E-state index is 13.0. The zero-order chi connectivity index (χ0) is 15.9. The number of nitrogens with one attached hydrogen (secondary N) is 2. The third-order valence-corrected chi connectivity index (χ3v) is 4.10. The Morgan fingerprint density at radius 1 is 1.22 bits per heavy atom. The quantitative estimate of drug-likeness (QED) is 0.767. The van der Waals surface area contributed by atoms with Gasteiger partial charge in [0.2, 0.25) is 0 Å². The summed E-state index contributed by atoms with van der Waals surface area (Å²) in [4.78, 5) is 2.44. The van der Waals surface area contributed by atoms with Crippen LogP contribution in [0.5, 0.6) is 0 Å². The molecule has 1 fully saturated rings. The minimum absolute atomic E-state index is 0.226. The zero-order valence-corrected chi connectivity index (χ0v) is 13.2. The molecular weight excluding hydrogens is 295 g/mol. The van der Waals surface area contributed by atoms with Gasteiger partial charge in [0.15, 0.2) is 0 Å². The van der Waals surface area contributed by atoms with E-state index in [1.807, 2.05) is 6.20 Å². The summed E-state index contributed by atoms with van der Waals surface area (Å²) in [5.74, 6) is -0.226. The summed E-state index contributed by atoms with van der Waals surface area (Å²) in [5.41, 5.74) is 3.00. The molecule has 0 bridgehead atoms. The lowest BCUT2D eigenvalue weighted by atomic mass is 10.1. The molecule has 1 saturated heterocycles. The third-order valence-electron chi connectivity index (χ3n) is 4.10. The number of hydrogen-bond acceptors (Lipinski definition) is 4. The Hall–Kier alpha value is -1.76. The van der Waals surface area contributed by atoms with Gasteiger partial charge in [-0.2, -0.15) is 5.10 Å². The van der Waals surface area contributed by atoms with Crippen molar-refractivity contribution in [1.29, 1.82) is 0 Å². The van der Waals surface area contributed by atoms with Crippen LogP contribution in [0.3, 0.4) is 0 Å². The van der Waals surface area contributed by atoms with E-state index in [-0.39, 0.29) is 5.82 Å². The number of morpholine rings is 1. The van der Waals surface area contributed by atoms with E-state index in [9.17, 15) is 4.39 Å². The maximum atomic E-state index is 13.0. The molecule has 1 aliphatic rings. The molecule has 0 atom stereocenters. The Balaban J connectivity index is 1.44. The molecule has 0 aliphatic carbocycles. The van der Waals surface area contributed by atoms with Crippen LogP contribution in [0.1, 0.15) is 12.0 Å². The molecule has 2 heterocycles. The van der Waals surface area contributed by atoms with Gasteiger partial charge in [-0.1, -0.05) is 0 Å². The van der Waals surface area contributed by atoms with E-state index in [4.69, 9.17) is 4.74 Å². The molecule has 6 heteroatoms. The highest BCUT2D eigenvalue weighted by Gasteiger charge is 2.10. The second-order valence-corrected chi connectivity index (χ2v) is 5.76. The highest BCUT2D eigenvalue weighted by atomic mass is 19.1. The van der Waals surface area contributed by atoms with E-state index in [0.29, 0.717) is 0 Å². The molecule has 0 unspecified atom stereocenters. The van der Waals surface area contributed by atoms with Gasteiger partial charge < -0.3 is 10.1 Å². The van der Waals surface area contributed by atoms with Gasteiger partial charge in [0.1, 0.15) is 5.82 Å². The second kappa shape index (κ2) is 8.19. The molecule has 0 radical (unpaired) electrons. The molecule has 1 aliphatic heterocycles. The van der Waals surface area contributed by atoms with Crippen LogP contribution in [0, 0.1) is 5.82 Å². The van der Waals surface area contributed by atoms with Crippen LogP contribution in [0.2, 0.25) is 0 Å². The van der Waals surface area contributed by atoms with Gasteiger partial charge in [-0.05, 0) is 43.8 Å². The first-order valence-corrected chi connectivity index (χ1v) is 8.12. The van der Waals surface area contributed by atoms with Crippen LogP contribution in [0.25, 0.3) is 11.3 Å². The van der Waals surface area contributed by atoms with Crippen molar-refractivity contribution in [2.75, 3.05) is 39.4 Å². The predicted octanol–water partition coefficient (Wildman–Crippen LogP) is 2.03. The van der Waals surface area contributed by atoms with Crippen molar-refractivity contribution < 1.29 is 9.13 Å². The van der Waals surface area contributed by atoms with Crippen molar-refractivity contribution in [3.05, 3.63) is 41.8 Å². The van der Waals surface area contributed by atoms with E-state index < -0.39 is 0 Å². The van der Waals surface area contributed by atoms with Gasteiger partial charge in [0, 0.05) is 30.8 Å². The number of aromatic nitrogens is 2. The Morgan fingerprint density at radius 3 is 2.78 bits per heavy atom. The summed E-state index contributed by atoms with van der Waals surface area (Å²) < 4.78 is 18.4. The minimum Gasteiger partial charge on any atom is -0.379 e. The Labute approximate surface area is 135 Å². The Bertz CT molecular complexity index is 593. The molecule has 23 heavy (non-hydrogen) atoms. The van der Waals surface area contributed by atoms with Gasteiger partial charge in [0.25, 0.3) is 0 Å². The van der Waals surface area contributed by atoms with Gasteiger partial charge in [-0.25, -0.2) is 4.39 Å². The summed E-state index contributed by atoms with van der Waals surface area (Å²) >= 11 is 0. The summed E-state index contributed by atoms with van der Waals surface area (Å²) in [7, 11) is 0. The number of nitrogens with zero attached hydrogens (tertiary/aromatic N) is 2. The topological polar surface area (TPSA) is 53.2 Å². The first-order valence-electron chi connectivity index (χ1n) is 8.12. The van der Waals surface area contributed by atoms with E-state index in [1.54, 1.807) is 12.1 Å². The summed E-state index contributed by atoms with van der Waals surface area (Å²) in [5, 5.41) is 10.6. The summed E-state index contributed by atoms with van der Waals surface area (Å²) in [6.07, 6.45) is 2.94. The second-order valence-electron chi connectivity index (χ2n) is 5.76. The zero-order valence-electron chi connectivity index (χ0n) is 13.2. The fourth-order valence-electron chi connectivity index (χ4n) is 2.79. The van der Waals surface area contributed by atoms with Crippen LogP contribution in [-0.2, 0) is 11.3 Å². The number of ether oxygens (including phenoxy) is 1. The molecule has 0 spiro atoms. The normalized spacial score (nSPS) is 15.9. The molecular formula is C17H23FN4O. The third kappa shape index (κ3) is 4.60. The summed E-state index contributed by atoms with van der Waals surface area (Å²) in [6.45, 7) is 6.60. The minimum atomic E-state index is -0.226. The molecule has 1 aromatic heterocycles. The molecule has 3 rings (SSSR count). The van der Waals surface area contributed by atoms with Crippen molar-refractivity contribution in [2.24, 2.45) is 0 Å². The van der Waals surface area contributed by atoms with Gasteiger partial charge in [-0.3, -0.25) is 10.00 Å². The lowest BCUT2D eigenvalue weighted by Gasteiger charge is -2.26. The number of halogens is 1. The Morgan fingerprint density at radius 2 is 2.00 bits per heavy atom. The Kier molecular flexibility index (Phi) is 5.74. The van der Waals surface area contributed by atoms with Crippen LogP contribution >= 0.6 is 0 Å². The molecule has 0 amide bonds. The molecule has 2 aromatic rings.